The third-order valence-corrected chi connectivity index (χ3v) is 5.67. The van der Waals surface area contributed by atoms with E-state index in [1.165, 1.54) is 26.4 Å². The standard InChI is InChI=1S/C21H23N3O7S/c1-29-9-8-23-15(25)11-32-19-14(10-22)16(17(18(26)24-19)21(28)31-3)12-4-6-13(7-5-12)20(27)30-2/h4-7,16-17H,8-9,11H2,1-3H3,(H,23,25)(H,24,26)/t16-,17-/m0/s1. The molecule has 32 heavy (non-hydrogen) atoms. The molecule has 1 aliphatic heterocycles. The van der Waals surface area contributed by atoms with Crippen LogP contribution in [0.5, 0.6) is 0 Å². The summed E-state index contributed by atoms with van der Waals surface area (Å²) in [6.45, 7) is 0.676. The van der Waals surface area contributed by atoms with Crippen molar-refractivity contribution >= 4 is 35.5 Å². The third-order valence-electron chi connectivity index (χ3n) is 4.65. The van der Waals surface area contributed by atoms with Crippen LogP contribution >= 0.6 is 11.8 Å². The van der Waals surface area contributed by atoms with E-state index in [1.54, 1.807) is 12.1 Å². The maximum atomic E-state index is 12.8. The molecule has 1 heterocycles. The summed E-state index contributed by atoms with van der Waals surface area (Å²) in [5.41, 5.74) is 0.846. The van der Waals surface area contributed by atoms with Crippen LogP contribution in [0.1, 0.15) is 21.8 Å². The lowest BCUT2D eigenvalue weighted by atomic mass is 9.78. The normalized spacial score (nSPS) is 17.8. The number of nitrogens with one attached hydrogen (secondary N) is 2. The lowest BCUT2D eigenvalue weighted by Gasteiger charge is -2.31. The molecule has 0 spiro atoms. The summed E-state index contributed by atoms with van der Waals surface area (Å²) in [7, 11) is 3.91. The van der Waals surface area contributed by atoms with E-state index >= 15 is 0 Å². The fourth-order valence-electron chi connectivity index (χ4n) is 3.11. The van der Waals surface area contributed by atoms with E-state index < -0.39 is 29.7 Å². The number of nitriles is 1. The zero-order chi connectivity index (χ0) is 23.7. The van der Waals surface area contributed by atoms with E-state index in [0.29, 0.717) is 18.7 Å². The number of ether oxygens (including phenoxy) is 3. The van der Waals surface area contributed by atoms with Crippen molar-refractivity contribution in [3.63, 3.8) is 0 Å². The Morgan fingerprint density at radius 2 is 1.84 bits per heavy atom. The molecule has 2 rings (SSSR count). The number of amides is 2. The van der Waals surface area contributed by atoms with Crippen molar-refractivity contribution < 1.29 is 33.4 Å². The average molecular weight is 461 g/mol. The minimum Gasteiger partial charge on any atom is -0.468 e. The van der Waals surface area contributed by atoms with Crippen LogP contribution in [0.4, 0.5) is 0 Å². The minimum absolute atomic E-state index is 0.0542. The van der Waals surface area contributed by atoms with Gasteiger partial charge in [-0.05, 0) is 17.7 Å². The summed E-state index contributed by atoms with van der Waals surface area (Å²) in [6.07, 6.45) is 0. The van der Waals surface area contributed by atoms with Crippen molar-refractivity contribution in [2.24, 2.45) is 5.92 Å². The Balaban J connectivity index is 2.39. The van der Waals surface area contributed by atoms with Crippen molar-refractivity contribution in [1.82, 2.24) is 10.6 Å². The smallest absolute Gasteiger partial charge is 0.337 e. The number of nitrogens with zero attached hydrogens (tertiary/aromatic N) is 1. The van der Waals surface area contributed by atoms with E-state index in [9.17, 15) is 24.4 Å². The van der Waals surface area contributed by atoms with Crippen LogP contribution in [0.25, 0.3) is 0 Å². The fourth-order valence-corrected chi connectivity index (χ4v) is 3.98. The van der Waals surface area contributed by atoms with E-state index in [1.807, 2.05) is 6.07 Å². The molecule has 0 unspecified atom stereocenters. The first kappa shape index (κ1) is 24.9. The first-order chi connectivity index (χ1) is 15.4. The van der Waals surface area contributed by atoms with Crippen LogP contribution in [-0.2, 0) is 28.6 Å². The summed E-state index contributed by atoms with van der Waals surface area (Å²) in [4.78, 5) is 48.9. The van der Waals surface area contributed by atoms with E-state index in [-0.39, 0.29) is 27.8 Å². The Kier molecular flexibility index (Phi) is 9.24. The molecule has 170 valence electrons. The number of hydrogen-bond acceptors (Lipinski definition) is 9. The van der Waals surface area contributed by atoms with Gasteiger partial charge in [-0.3, -0.25) is 14.4 Å². The minimum atomic E-state index is -1.31. The molecule has 1 aromatic carbocycles. The third kappa shape index (κ3) is 5.87. The number of hydrogen-bond donors (Lipinski definition) is 2. The predicted molar refractivity (Wildman–Crippen MR) is 114 cm³/mol. The summed E-state index contributed by atoms with van der Waals surface area (Å²) < 4.78 is 14.3. The van der Waals surface area contributed by atoms with Gasteiger partial charge in [-0.25, -0.2) is 4.79 Å². The molecule has 10 nitrogen and oxygen atoms in total. The molecular weight excluding hydrogens is 438 g/mol. The zero-order valence-electron chi connectivity index (χ0n) is 17.8. The fraction of sp³-hybridized carbons (Fsp3) is 0.381. The first-order valence-electron chi connectivity index (χ1n) is 9.47. The summed E-state index contributed by atoms with van der Waals surface area (Å²) in [6, 6.07) is 8.10. The number of esters is 2. The molecule has 2 amide bonds. The van der Waals surface area contributed by atoms with Gasteiger partial charge in [0.1, 0.15) is 5.92 Å². The molecule has 0 saturated carbocycles. The van der Waals surface area contributed by atoms with E-state index in [0.717, 1.165) is 18.9 Å². The maximum Gasteiger partial charge on any atom is 0.337 e. The van der Waals surface area contributed by atoms with Crippen LogP contribution in [0.3, 0.4) is 0 Å². The summed E-state index contributed by atoms with van der Waals surface area (Å²) >= 11 is 0.977. The first-order valence-corrected chi connectivity index (χ1v) is 10.5. The van der Waals surface area contributed by atoms with Gasteiger partial charge < -0.3 is 24.8 Å². The Hall–Kier alpha value is -3.36. The van der Waals surface area contributed by atoms with Gasteiger partial charge in [-0.15, -0.1) is 0 Å². The van der Waals surface area contributed by atoms with Gasteiger partial charge >= 0.3 is 11.9 Å². The molecule has 0 saturated heterocycles. The second-order valence-electron chi connectivity index (χ2n) is 6.57. The van der Waals surface area contributed by atoms with Gasteiger partial charge in [-0.2, -0.15) is 5.26 Å². The highest BCUT2D eigenvalue weighted by atomic mass is 32.2. The summed E-state index contributed by atoms with van der Waals surface area (Å²) in [5, 5.41) is 15.2. The predicted octanol–water partition coefficient (Wildman–Crippen LogP) is 0.707. The van der Waals surface area contributed by atoms with Gasteiger partial charge in [-0.1, -0.05) is 23.9 Å². The van der Waals surface area contributed by atoms with E-state index in [2.05, 4.69) is 15.4 Å². The molecule has 0 fully saturated rings. The van der Waals surface area contributed by atoms with Gasteiger partial charge in [0.15, 0.2) is 0 Å². The lowest BCUT2D eigenvalue weighted by Crippen LogP contribution is -2.44. The van der Waals surface area contributed by atoms with Crippen LogP contribution in [0, 0.1) is 17.2 Å². The highest BCUT2D eigenvalue weighted by Gasteiger charge is 2.44. The number of thioether (sulfide) groups is 1. The van der Waals surface area contributed by atoms with E-state index in [4.69, 9.17) is 9.47 Å². The van der Waals surface area contributed by atoms with Crippen molar-refractivity contribution in [2.45, 2.75) is 5.92 Å². The molecule has 11 heteroatoms. The quantitative estimate of drug-likeness (QED) is 0.308. The number of rotatable bonds is 9. The SMILES string of the molecule is COCCNC(=O)CSC1=C(C#N)[C@H](c2ccc(C(=O)OC)cc2)[C@H](C(=O)OC)C(=O)N1. The molecule has 2 atom stereocenters. The number of carbonyl (C=O) groups excluding carboxylic acids is 4. The van der Waals surface area contributed by atoms with Crippen LogP contribution in [0.15, 0.2) is 34.9 Å². The molecule has 2 N–H and O–H groups in total. The van der Waals surface area contributed by atoms with Gasteiger partial charge in [0, 0.05) is 19.6 Å². The molecule has 0 radical (unpaired) electrons. The van der Waals surface area contributed by atoms with Crippen molar-refractivity contribution in [2.75, 3.05) is 40.2 Å². The van der Waals surface area contributed by atoms with Gasteiger partial charge in [0.05, 0.1) is 48.8 Å². The lowest BCUT2D eigenvalue weighted by molar-refractivity contribution is -0.150. The average Bonchev–Trinajstić information content (AvgIpc) is 2.81. The molecule has 0 aromatic heterocycles. The monoisotopic (exact) mass is 461 g/mol. The number of carbonyl (C=O) groups is 4. The topological polar surface area (TPSA) is 144 Å². The molecule has 0 bridgehead atoms. The highest BCUT2D eigenvalue weighted by molar-refractivity contribution is 8.03. The zero-order valence-corrected chi connectivity index (χ0v) is 18.6. The van der Waals surface area contributed by atoms with Crippen LogP contribution in [-0.4, -0.2) is 64.0 Å². The number of methoxy groups -OCH3 is 3. The Bertz CT molecular complexity index is 953. The Morgan fingerprint density at radius 3 is 2.41 bits per heavy atom. The number of benzene rings is 1. The van der Waals surface area contributed by atoms with Crippen LogP contribution in [0.2, 0.25) is 0 Å². The Morgan fingerprint density at radius 1 is 1.16 bits per heavy atom. The molecule has 1 aromatic rings. The van der Waals surface area contributed by atoms with Gasteiger partial charge in [0.25, 0.3) is 0 Å². The summed E-state index contributed by atoms with van der Waals surface area (Å²) in [5.74, 6) is -4.62. The molecule has 1 aliphatic rings. The van der Waals surface area contributed by atoms with Crippen molar-refractivity contribution in [3.05, 3.63) is 46.0 Å². The molecule has 0 aliphatic carbocycles. The Labute approximate surface area is 189 Å². The van der Waals surface area contributed by atoms with Gasteiger partial charge in [0.2, 0.25) is 11.8 Å². The largest absolute Gasteiger partial charge is 0.468 e. The van der Waals surface area contributed by atoms with Crippen molar-refractivity contribution in [3.8, 4) is 6.07 Å². The maximum absolute atomic E-state index is 12.8. The number of allylic oxidation sites excluding steroid dienone is 1. The second kappa shape index (κ2) is 11.9. The second-order valence-corrected chi connectivity index (χ2v) is 7.55. The van der Waals surface area contributed by atoms with Crippen LogP contribution < -0.4 is 10.6 Å². The highest BCUT2D eigenvalue weighted by Crippen LogP contribution is 2.40. The van der Waals surface area contributed by atoms with Crippen molar-refractivity contribution in [1.29, 1.82) is 5.26 Å². The molecular formula is C21H23N3O7S.